The van der Waals surface area contributed by atoms with Gasteiger partial charge in [-0.1, -0.05) is 32.1 Å². The first-order valence-corrected chi connectivity index (χ1v) is 8.70. The Hall–Kier alpha value is -1.61. The van der Waals surface area contributed by atoms with Crippen LogP contribution in [0.5, 0.6) is 0 Å². The van der Waals surface area contributed by atoms with Gasteiger partial charge in [-0.05, 0) is 12.3 Å². The normalized spacial score (nSPS) is 22.9. The van der Waals surface area contributed by atoms with Crippen LogP contribution >= 0.6 is 0 Å². The highest BCUT2D eigenvalue weighted by atomic mass is 16.2. The van der Waals surface area contributed by atoms with Gasteiger partial charge in [-0.3, -0.25) is 9.59 Å². The Kier molecular flexibility index (Phi) is 6.00. The summed E-state index contributed by atoms with van der Waals surface area (Å²) in [5.74, 6) is 0.312. The van der Waals surface area contributed by atoms with E-state index < -0.39 is 11.6 Å². The third-order valence-electron chi connectivity index (χ3n) is 5.29. The predicted octanol–water partition coefficient (Wildman–Crippen LogP) is 1.30. The number of nitriles is 1. The van der Waals surface area contributed by atoms with Crippen molar-refractivity contribution < 1.29 is 9.59 Å². The molecule has 1 unspecified atom stereocenters. The van der Waals surface area contributed by atoms with Gasteiger partial charge in [0.05, 0.1) is 12.1 Å². The van der Waals surface area contributed by atoms with E-state index >= 15 is 0 Å². The quantitative estimate of drug-likeness (QED) is 0.815. The van der Waals surface area contributed by atoms with Crippen molar-refractivity contribution in [2.75, 3.05) is 13.1 Å². The lowest BCUT2D eigenvalue weighted by atomic mass is 9.84. The van der Waals surface area contributed by atoms with Crippen LogP contribution < -0.4 is 11.1 Å². The SMILES string of the molecule is CC(=O)N1CCC(C#N)(NC(=O)C(N)CC2CCCCC2)CC1. The maximum atomic E-state index is 12.4. The fourth-order valence-electron chi connectivity index (χ4n) is 3.69. The van der Waals surface area contributed by atoms with Crippen molar-refractivity contribution in [2.24, 2.45) is 11.7 Å². The second-order valence-corrected chi connectivity index (χ2v) is 7.04. The van der Waals surface area contributed by atoms with Gasteiger partial charge in [0.1, 0.15) is 5.54 Å². The molecule has 6 heteroatoms. The summed E-state index contributed by atoms with van der Waals surface area (Å²) < 4.78 is 0. The summed E-state index contributed by atoms with van der Waals surface area (Å²) in [7, 11) is 0. The number of carbonyl (C=O) groups is 2. The highest BCUT2D eigenvalue weighted by Crippen LogP contribution is 2.27. The van der Waals surface area contributed by atoms with E-state index in [0.29, 0.717) is 38.3 Å². The van der Waals surface area contributed by atoms with Gasteiger partial charge < -0.3 is 16.0 Å². The Bertz CT molecular complexity index is 471. The van der Waals surface area contributed by atoms with Crippen molar-refractivity contribution in [3.63, 3.8) is 0 Å². The van der Waals surface area contributed by atoms with E-state index in [1.54, 1.807) is 4.90 Å². The summed E-state index contributed by atoms with van der Waals surface area (Å²) in [6, 6.07) is 1.69. The molecule has 1 saturated heterocycles. The molecule has 2 fully saturated rings. The van der Waals surface area contributed by atoms with E-state index in [1.807, 2.05) is 0 Å². The van der Waals surface area contributed by atoms with Gasteiger partial charge in [-0.25, -0.2) is 0 Å². The first-order valence-electron chi connectivity index (χ1n) is 8.70. The maximum Gasteiger partial charge on any atom is 0.238 e. The van der Waals surface area contributed by atoms with Crippen molar-refractivity contribution in [2.45, 2.75) is 69.9 Å². The Morgan fingerprint density at radius 2 is 1.91 bits per heavy atom. The molecule has 2 rings (SSSR count). The fourth-order valence-corrected chi connectivity index (χ4v) is 3.69. The van der Waals surface area contributed by atoms with Crippen molar-refractivity contribution in [3.05, 3.63) is 0 Å². The zero-order valence-corrected chi connectivity index (χ0v) is 14.0. The molecule has 1 aliphatic carbocycles. The molecule has 128 valence electrons. The zero-order chi connectivity index (χ0) is 16.9. The third-order valence-corrected chi connectivity index (χ3v) is 5.29. The van der Waals surface area contributed by atoms with Crippen LogP contribution in [0.4, 0.5) is 0 Å². The van der Waals surface area contributed by atoms with E-state index in [2.05, 4.69) is 11.4 Å². The molecule has 1 saturated carbocycles. The number of rotatable bonds is 4. The van der Waals surface area contributed by atoms with Crippen molar-refractivity contribution in [1.82, 2.24) is 10.2 Å². The van der Waals surface area contributed by atoms with Gasteiger partial charge in [0.15, 0.2) is 0 Å². The van der Waals surface area contributed by atoms with Gasteiger partial charge in [0.2, 0.25) is 11.8 Å². The Balaban J connectivity index is 1.87. The highest BCUT2D eigenvalue weighted by molar-refractivity contribution is 5.82. The lowest BCUT2D eigenvalue weighted by Gasteiger charge is -2.38. The smallest absolute Gasteiger partial charge is 0.238 e. The van der Waals surface area contributed by atoms with Crippen LogP contribution in [0.15, 0.2) is 0 Å². The van der Waals surface area contributed by atoms with Crippen LogP contribution in [0, 0.1) is 17.2 Å². The Morgan fingerprint density at radius 3 is 2.43 bits per heavy atom. The van der Waals surface area contributed by atoms with Crippen molar-refractivity contribution in [3.8, 4) is 6.07 Å². The van der Waals surface area contributed by atoms with Crippen LogP contribution in [0.1, 0.15) is 58.3 Å². The number of hydrogen-bond donors (Lipinski definition) is 2. The first-order chi connectivity index (χ1) is 11.0. The van der Waals surface area contributed by atoms with E-state index in [4.69, 9.17) is 5.73 Å². The van der Waals surface area contributed by atoms with E-state index in [-0.39, 0.29) is 11.8 Å². The number of piperidine rings is 1. The zero-order valence-electron chi connectivity index (χ0n) is 14.0. The number of hydrogen-bond acceptors (Lipinski definition) is 4. The van der Waals surface area contributed by atoms with Gasteiger partial charge in [0, 0.05) is 32.9 Å². The molecule has 0 bridgehead atoms. The molecule has 0 spiro atoms. The average molecular weight is 320 g/mol. The summed E-state index contributed by atoms with van der Waals surface area (Å²) in [6.45, 7) is 2.53. The van der Waals surface area contributed by atoms with Gasteiger partial charge in [-0.15, -0.1) is 0 Å². The molecule has 6 nitrogen and oxygen atoms in total. The predicted molar refractivity (Wildman–Crippen MR) is 87.1 cm³/mol. The molecule has 1 heterocycles. The molecule has 3 N–H and O–H groups in total. The third kappa shape index (κ3) is 4.68. The molecule has 23 heavy (non-hydrogen) atoms. The van der Waals surface area contributed by atoms with Crippen molar-refractivity contribution in [1.29, 1.82) is 5.26 Å². The number of nitrogens with one attached hydrogen (secondary N) is 1. The minimum absolute atomic E-state index is 0.0110. The molecule has 1 atom stereocenters. The standard InChI is InChI=1S/C17H28N4O2/c1-13(22)21-9-7-17(12-18,8-10-21)20-16(23)15(19)11-14-5-3-2-4-6-14/h14-15H,2-11,19H2,1H3,(H,20,23). The van der Waals surface area contributed by atoms with E-state index in [0.717, 1.165) is 12.8 Å². The van der Waals surface area contributed by atoms with Crippen LogP contribution in [0.3, 0.4) is 0 Å². The minimum Gasteiger partial charge on any atom is -0.343 e. The lowest BCUT2D eigenvalue weighted by molar-refractivity contribution is -0.130. The van der Waals surface area contributed by atoms with Crippen LogP contribution in [0.25, 0.3) is 0 Å². The van der Waals surface area contributed by atoms with E-state index in [9.17, 15) is 14.9 Å². The molecule has 2 aliphatic rings. The second-order valence-electron chi connectivity index (χ2n) is 7.04. The first kappa shape index (κ1) is 17.7. The second kappa shape index (κ2) is 7.78. The summed E-state index contributed by atoms with van der Waals surface area (Å²) >= 11 is 0. The molecular weight excluding hydrogens is 292 g/mol. The number of likely N-dealkylation sites (tertiary alicyclic amines) is 1. The van der Waals surface area contributed by atoms with Gasteiger partial charge in [-0.2, -0.15) is 5.26 Å². The summed E-state index contributed by atoms with van der Waals surface area (Å²) in [5, 5.41) is 12.4. The summed E-state index contributed by atoms with van der Waals surface area (Å²) in [6.07, 6.45) is 7.66. The Labute approximate surface area is 138 Å². The van der Waals surface area contributed by atoms with Crippen LogP contribution in [-0.4, -0.2) is 41.4 Å². The summed E-state index contributed by atoms with van der Waals surface area (Å²) in [4.78, 5) is 25.5. The van der Waals surface area contributed by atoms with Crippen LogP contribution in [-0.2, 0) is 9.59 Å². The molecule has 1 aliphatic heterocycles. The Morgan fingerprint density at radius 1 is 1.30 bits per heavy atom. The maximum absolute atomic E-state index is 12.4. The fraction of sp³-hybridized carbons (Fsp3) is 0.824. The summed E-state index contributed by atoms with van der Waals surface area (Å²) in [5.41, 5.74) is 5.19. The molecule has 0 aromatic carbocycles. The number of amides is 2. The molecule has 0 aromatic heterocycles. The van der Waals surface area contributed by atoms with E-state index in [1.165, 1.54) is 26.2 Å². The number of nitrogens with two attached hydrogens (primary N) is 1. The minimum atomic E-state index is -0.882. The van der Waals surface area contributed by atoms with Gasteiger partial charge in [0.25, 0.3) is 0 Å². The average Bonchev–Trinajstić information content (AvgIpc) is 2.56. The number of nitrogens with zero attached hydrogens (tertiary/aromatic N) is 2. The molecule has 0 radical (unpaired) electrons. The van der Waals surface area contributed by atoms with Gasteiger partial charge >= 0.3 is 0 Å². The number of carbonyl (C=O) groups excluding carboxylic acids is 2. The van der Waals surface area contributed by atoms with Crippen molar-refractivity contribution >= 4 is 11.8 Å². The largest absolute Gasteiger partial charge is 0.343 e. The molecule has 0 aromatic rings. The molecular formula is C17H28N4O2. The molecule has 2 amide bonds. The highest BCUT2D eigenvalue weighted by Gasteiger charge is 2.38. The monoisotopic (exact) mass is 320 g/mol. The lowest BCUT2D eigenvalue weighted by Crippen LogP contribution is -2.58. The topological polar surface area (TPSA) is 99.2 Å². The van der Waals surface area contributed by atoms with Crippen LogP contribution in [0.2, 0.25) is 0 Å².